The molecule has 18 heavy (non-hydrogen) atoms. The lowest BCUT2D eigenvalue weighted by Crippen LogP contribution is -2.11. The summed E-state index contributed by atoms with van der Waals surface area (Å²) in [4.78, 5) is 21.6. The topological polar surface area (TPSA) is 146 Å². The molecule has 0 rings (SSSR count). The van der Waals surface area contributed by atoms with Gasteiger partial charge in [0.25, 0.3) is 0 Å². The zero-order valence-electron chi connectivity index (χ0n) is 9.97. The molecule has 0 saturated carbocycles. The number of aliphatic hydroxyl groups excluding tert-OH is 2. The highest BCUT2D eigenvalue weighted by Crippen LogP contribution is 2.25. The highest BCUT2D eigenvalue weighted by atomic mass is 31.2. The Hall–Kier alpha value is -0.0900. The first-order valence-electron chi connectivity index (χ1n) is 5.15. The summed E-state index contributed by atoms with van der Waals surface area (Å²) >= 11 is 0. The molecule has 0 aliphatic carbocycles. The molecule has 0 aliphatic rings. The fraction of sp³-hybridized carbons (Fsp3) is 1.00. The Morgan fingerprint density at radius 3 is 1.11 bits per heavy atom. The Morgan fingerprint density at radius 2 is 0.889 bits per heavy atom. The summed E-state index contributed by atoms with van der Waals surface area (Å²) in [6.07, 6.45) is 0. The Balaban J connectivity index is 0. The maximum Gasteiger partial charge on any atom is 0.466 e. The van der Waals surface area contributed by atoms with Crippen LogP contribution in [0.25, 0.3) is 0 Å². The van der Waals surface area contributed by atoms with Gasteiger partial charge in [0.2, 0.25) is 0 Å². The number of hydrogen-bond donors (Lipinski definition) is 5. The number of aliphatic hydroxyl groups is 2. The SMILES string of the molecule is O=P(O)(O)O.OCCOCCOCCOCCO. The van der Waals surface area contributed by atoms with Crippen molar-refractivity contribution in [1.82, 2.24) is 0 Å². The Morgan fingerprint density at radius 1 is 0.667 bits per heavy atom. The van der Waals surface area contributed by atoms with Crippen molar-refractivity contribution >= 4 is 7.82 Å². The van der Waals surface area contributed by atoms with Gasteiger partial charge in [-0.1, -0.05) is 0 Å². The molecule has 0 fully saturated rings. The molecule has 5 N–H and O–H groups in total. The van der Waals surface area contributed by atoms with Crippen molar-refractivity contribution < 1.29 is 43.7 Å². The standard InChI is InChI=1S/C8H18O5.H3O4P/c9-1-3-11-5-7-13-8-6-12-4-2-10;1-5(2,3)4/h9-10H,1-8H2;(H3,1,2,3,4). The van der Waals surface area contributed by atoms with Crippen molar-refractivity contribution in [2.45, 2.75) is 0 Å². The van der Waals surface area contributed by atoms with Crippen LogP contribution < -0.4 is 0 Å². The van der Waals surface area contributed by atoms with Gasteiger partial charge in [-0.3, -0.25) is 0 Å². The summed E-state index contributed by atoms with van der Waals surface area (Å²) < 4.78 is 23.9. The van der Waals surface area contributed by atoms with E-state index in [1.807, 2.05) is 0 Å². The van der Waals surface area contributed by atoms with Crippen LogP contribution in [-0.4, -0.2) is 77.7 Å². The van der Waals surface area contributed by atoms with Crippen LogP contribution in [-0.2, 0) is 18.8 Å². The van der Waals surface area contributed by atoms with Gasteiger partial charge in [-0.05, 0) is 0 Å². The van der Waals surface area contributed by atoms with E-state index in [4.69, 9.17) is 43.7 Å². The van der Waals surface area contributed by atoms with Crippen molar-refractivity contribution in [3.05, 3.63) is 0 Å². The summed E-state index contributed by atoms with van der Waals surface area (Å²) in [7, 11) is -4.64. The maximum absolute atomic E-state index is 8.88. The van der Waals surface area contributed by atoms with Crippen LogP contribution in [0.2, 0.25) is 0 Å². The zero-order valence-corrected chi connectivity index (χ0v) is 10.9. The van der Waals surface area contributed by atoms with E-state index in [1.165, 1.54) is 0 Å². The third-order valence-electron chi connectivity index (χ3n) is 1.22. The second-order valence-corrected chi connectivity index (χ2v) is 3.82. The van der Waals surface area contributed by atoms with Gasteiger partial charge in [0.15, 0.2) is 0 Å². The summed E-state index contributed by atoms with van der Waals surface area (Å²) in [5.41, 5.74) is 0. The van der Waals surface area contributed by atoms with E-state index in [0.29, 0.717) is 39.6 Å². The van der Waals surface area contributed by atoms with Crippen LogP contribution >= 0.6 is 7.82 Å². The second-order valence-electron chi connectivity index (χ2n) is 2.80. The average molecular weight is 292 g/mol. The quantitative estimate of drug-likeness (QED) is 0.230. The molecule has 0 unspecified atom stereocenters. The second kappa shape index (κ2) is 15.0. The largest absolute Gasteiger partial charge is 0.466 e. The molecule has 0 aliphatic heterocycles. The smallest absolute Gasteiger partial charge is 0.394 e. The monoisotopic (exact) mass is 292 g/mol. The minimum atomic E-state index is -4.64. The van der Waals surface area contributed by atoms with Crippen molar-refractivity contribution in [3.8, 4) is 0 Å². The fourth-order valence-corrected chi connectivity index (χ4v) is 0.671. The molecule has 0 aromatic rings. The Bertz CT molecular complexity index is 177. The molecule has 0 spiro atoms. The maximum atomic E-state index is 8.88. The lowest BCUT2D eigenvalue weighted by atomic mass is 10.7. The van der Waals surface area contributed by atoms with Crippen LogP contribution in [0.5, 0.6) is 0 Å². The minimum Gasteiger partial charge on any atom is -0.394 e. The van der Waals surface area contributed by atoms with Gasteiger partial charge < -0.3 is 39.1 Å². The predicted octanol–water partition coefficient (Wildman–Crippen LogP) is -1.91. The minimum absolute atomic E-state index is 0.0413. The lowest BCUT2D eigenvalue weighted by Gasteiger charge is -2.04. The van der Waals surface area contributed by atoms with E-state index in [1.54, 1.807) is 0 Å². The highest BCUT2D eigenvalue weighted by molar-refractivity contribution is 7.45. The first kappa shape index (κ1) is 20.2. The highest BCUT2D eigenvalue weighted by Gasteiger charge is 2.00. The van der Waals surface area contributed by atoms with Gasteiger partial charge >= 0.3 is 7.82 Å². The zero-order chi connectivity index (χ0) is 14.3. The molecule has 0 amide bonds. The van der Waals surface area contributed by atoms with Gasteiger partial charge in [0, 0.05) is 0 Å². The molecule has 0 bridgehead atoms. The van der Waals surface area contributed by atoms with Gasteiger partial charge in [0.1, 0.15) is 0 Å². The first-order valence-corrected chi connectivity index (χ1v) is 6.71. The summed E-state index contributed by atoms with van der Waals surface area (Å²) in [6.45, 7) is 2.76. The molecule has 0 atom stereocenters. The summed E-state index contributed by atoms with van der Waals surface area (Å²) in [6, 6.07) is 0. The molecule has 0 radical (unpaired) electrons. The molecular weight excluding hydrogens is 271 g/mol. The lowest BCUT2D eigenvalue weighted by molar-refractivity contribution is 0.00230. The van der Waals surface area contributed by atoms with Gasteiger partial charge in [-0.2, -0.15) is 0 Å². The van der Waals surface area contributed by atoms with Gasteiger partial charge in [-0.15, -0.1) is 0 Å². The van der Waals surface area contributed by atoms with E-state index >= 15 is 0 Å². The van der Waals surface area contributed by atoms with Crippen LogP contribution in [0, 0.1) is 0 Å². The van der Waals surface area contributed by atoms with E-state index in [0.717, 1.165) is 0 Å². The van der Waals surface area contributed by atoms with E-state index in [-0.39, 0.29) is 13.2 Å². The van der Waals surface area contributed by atoms with Crippen molar-refractivity contribution in [3.63, 3.8) is 0 Å². The van der Waals surface area contributed by atoms with Crippen LogP contribution in [0.4, 0.5) is 0 Å². The molecule has 112 valence electrons. The Labute approximate surface area is 105 Å². The molecule has 0 aromatic heterocycles. The third-order valence-corrected chi connectivity index (χ3v) is 1.22. The molecule has 10 heteroatoms. The number of ether oxygens (including phenoxy) is 3. The van der Waals surface area contributed by atoms with Crippen molar-refractivity contribution in [2.24, 2.45) is 0 Å². The Kier molecular flexibility index (Phi) is 16.8. The van der Waals surface area contributed by atoms with Crippen LogP contribution in [0.15, 0.2) is 0 Å². The number of rotatable bonds is 10. The first-order chi connectivity index (χ1) is 8.41. The average Bonchev–Trinajstić information content (AvgIpc) is 2.25. The number of phosphoric acid groups is 1. The molecule has 0 aromatic carbocycles. The van der Waals surface area contributed by atoms with Gasteiger partial charge in [-0.25, -0.2) is 4.57 Å². The van der Waals surface area contributed by atoms with Crippen LogP contribution in [0.1, 0.15) is 0 Å². The van der Waals surface area contributed by atoms with E-state index < -0.39 is 7.82 Å². The summed E-state index contributed by atoms with van der Waals surface area (Å²) in [5.74, 6) is 0. The van der Waals surface area contributed by atoms with Crippen molar-refractivity contribution in [1.29, 1.82) is 0 Å². The summed E-state index contributed by atoms with van der Waals surface area (Å²) in [5, 5.41) is 16.7. The number of hydrogen-bond acceptors (Lipinski definition) is 6. The molecular formula is C8H21O9P. The predicted molar refractivity (Wildman–Crippen MR) is 60.9 cm³/mol. The van der Waals surface area contributed by atoms with Gasteiger partial charge in [0.05, 0.1) is 52.9 Å². The van der Waals surface area contributed by atoms with Crippen LogP contribution in [0.3, 0.4) is 0 Å². The fourth-order valence-electron chi connectivity index (χ4n) is 0.671. The van der Waals surface area contributed by atoms with Crippen molar-refractivity contribution in [2.75, 3.05) is 52.9 Å². The third kappa shape index (κ3) is 36.0. The molecule has 0 heterocycles. The van der Waals surface area contributed by atoms with E-state index in [9.17, 15) is 0 Å². The van der Waals surface area contributed by atoms with E-state index in [2.05, 4.69) is 0 Å². The molecule has 0 saturated heterocycles. The molecule has 9 nitrogen and oxygen atoms in total. The normalized spacial score (nSPS) is 10.9.